The Balaban J connectivity index is 2.60. The number of ether oxygens (including phenoxy) is 1. The molecule has 0 radical (unpaired) electrons. The molecule has 1 unspecified atom stereocenters. The number of likely N-dealkylation sites (N-methyl/N-ethyl adjacent to an activating group) is 1. The minimum atomic E-state index is -4.26. The average Bonchev–Trinajstić information content (AvgIpc) is 2.46. The van der Waals surface area contributed by atoms with E-state index in [2.05, 4.69) is 4.76 Å². The molecule has 1 aromatic carbocycles. The van der Waals surface area contributed by atoms with Crippen LogP contribution in [0.3, 0.4) is 0 Å². The highest BCUT2D eigenvalue weighted by atomic mass is 31.2. The predicted octanol–water partition coefficient (Wildman–Crippen LogP) is 1.11. The van der Waals surface area contributed by atoms with Crippen molar-refractivity contribution in [2.24, 2.45) is 10.5 Å². The highest BCUT2D eigenvalue weighted by Gasteiger charge is 2.21. The zero-order valence-electron chi connectivity index (χ0n) is 12.5. The molecule has 0 heterocycles. The van der Waals surface area contributed by atoms with E-state index >= 15 is 0 Å². The molecule has 0 saturated carbocycles. The van der Waals surface area contributed by atoms with Crippen LogP contribution in [0.5, 0.6) is 0 Å². The number of benzene rings is 1. The van der Waals surface area contributed by atoms with E-state index in [0.717, 1.165) is 5.56 Å². The zero-order chi connectivity index (χ0) is 16.6. The summed E-state index contributed by atoms with van der Waals surface area (Å²) in [5, 5.41) is 0. The van der Waals surface area contributed by atoms with E-state index in [9.17, 15) is 14.3 Å². The molecular weight excluding hydrogens is 309 g/mol. The molecule has 0 fully saturated rings. The lowest BCUT2D eigenvalue weighted by atomic mass is 10.2. The van der Waals surface area contributed by atoms with Gasteiger partial charge in [0.15, 0.2) is 0 Å². The molecule has 0 aromatic heterocycles. The monoisotopic (exact) mass is 329 g/mol. The van der Waals surface area contributed by atoms with Gasteiger partial charge in [-0.2, -0.15) is 0 Å². The molecule has 1 atom stereocenters. The Kier molecular flexibility index (Phi) is 7.04. The van der Waals surface area contributed by atoms with Crippen LogP contribution in [0, 0.1) is 0 Å². The fourth-order valence-corrected chi connectivity index (χ4v) is 2.24. The third-order valence-electron chi connectivity index (χ3n) is 2.53. The fraction of sp³-hybridized carbons (Fsp3) is 0.385. The molecule has 0 aliphatic heterocycles. The maximum absolute atomic E-state index is 11.8. The molecule has 8 nitrogen and oxygen atoms in total. The minimum Gasteiger partial charge on any atom is -0.465 e. The molecule has 0 saturated heterocycles. The lowest BCUT2D eigenvalue weighted by molar-refractivity contribution is -0.143. The van der Waals surface area contributed by atoms with Gasteiger partial charge in [0.1, 0.15) is 6.54 Å². The maximum atomic E-state index is 11.8. The quantitative estimate of drug-likeness (QED) is 0.333. The molecule has 3 N–H and O–H groups in total. The largest absolute Gasteiger partial charge is 0.465 e. The summed E-state index contributed by atoms with van der Waals surface area (Å²) in [6, 6.07) is 8.89. The summed E-state index contributed by atoms with van der Waals surface area (Å²) in [5.41, 5.74) is 6.30. The maximum Gasteiger partial charge on any atom is 0.454 e. The molecule has 0 bridgehead atoms. The SMILES string of the molecule is CCOC(=O)CN(C)/C(N)=N/P(=O)(O)OCc1ccccc1. The van der Waals surface area contributed by atoms with Crippen molar-refractivity contribution < 1.29 is 23.5 Å². The van der Waals surface area contributed by atoms with Gasteiger partial charge in [0.05, 0.1) is 13.2 Å². The van der Waals surface area contributed by atoms with Gasteiger partial charge < -0.3 is 20.3 Å². The first-order valence-electron chi connectivity index (χ1n) is 6.57. The Morgan fingerprint density at radius 2 is 2.05 bits per heavy atom. The van der Waals surface area contributed by atoms with Crippen molar-refractivity contribution in [2.75, 3.05) is 20.2 Å². The molecule has 122 valence electrons. The highest BCUT2D eigenvalue weighted by molar-refractivity contribution is 7.51. The normalized spacial score (nSPS) is 14.2. The first-order chi connectivity index (χ1) is 10.3. The number of nitrogens with zero attached hydrogens (tertiary/aromatic N) is 2. The molecule has 1 aromatic rings. The highest BCUT2D eigenvalue weighted by Crippen LogP contribution is 2.44. The van der Waals surface area contributed by atoms with Crippen LogP contribution in [-0.4, -0.2) is 41.9 Å². The standard InChI is InChI=1S/C13H20N3O5P/c1-3-20-12(17)9-16(2)13(14)15-22(18,19)21-10-11-7-5-4-6-8-11/h4-8H,3,9-10H2,1-2H3,(H3,14,15,18,19). The lowest BCUT2D eigenvalue weighted by Crippen LogP contribution is -2.38. The van der Waals surface area contributed by atoms with Crippen molar-refractivity contribution in [1.29, 1.82) is 0 Å². The van der Waals surface area contributed by atoms with Crippen LogP contribution >= 0.6 is 7.75 Å². The average molecular weight is 329 g/mol. The van der Waals surface area contributed by atoms with Crippen LogP contribution < -0.4 is 5.73 Å². The second-order valence-corrected chi connectivity index (χ2v) is 5.81. The van der Waals surface area contributed by atoms with Gasteiger partial charge in [-0.15, -0.1) is 4.76 Å². The van der Waals surface area contributed by atoms with Gasteiger partial charge in [-0.3, -0.25) is 9.32 Å². The summed E-state index contributed by atoms with van der Waals surface area (Å²) in [6.45, 7) is 1.66. The minimum absolute atomic E-state index is 0.0764. The molecule has 0 spiro atoms. The molecule has 1 rings (SSSR count). The number of guanidine groups is 1. The van der Waals surface area contributed by atoms with Gasteiger partial charge in [-0.05, 0) is 12.5 Å². The second-order valence-electron chi connectivity index (χ2n) is 4.37. The molecule has 0 aliphatic rings. The summed E-state index contributed by atoms with van der Waals surface area (Å²) in [5.74, 6) is -0.798. The summed E-state index contributed by atoms with van der Waals surface area (Å²) in [7, 11) is -2.81. The van der Waals surface area contributed by atoms with E-state index in [1.165, 1.54) is 11.9 Å². The topological polar surface area (TPSA) is 114 Å². The van der Waals surface area contributed by atoms with Crippen molar-refractivity contribution >= 4 is 19.7 Å². The van der Waals surface area contributed by atoms with E-state index in [1.54, 1.807) is 31.2 Å². The van der Waals surface area contributed by atoms with Crippen LogP contribution in [-0.2, 0) is 25.2 Å². The zero-order valence-corrected chi connectivity index (χ0v) is 13.4. The molecule has 9 heteroatoms. The van der Waals surface area contributed by atoms with Gasteiger partial charge in [-0.1, -0.05) is 30.3 Å². The van der Waals surface area contributed by atoms with Gasteiger partial charge in [0.2, 0.25) is 5.96 Å². The summed E-state index contributed by atoms with van der Waals surface area (Å²) < 4.78 is 24.9. The Hall–Kier alpha value is -1.89. The predicted molar refractivity (Wildman–Crippen MR) is 81.9 cm³/mol. The lowest BCUT2D eigenvalue weighted by Gasteiger charge is -2.17. The third-order valence-corrected chi connectivity index (χ3v) is 3.46. The number of hydrogen-bond acceptors (Lipinski definition) is 4. The van der Waals surface area contributed by atoms with Crippen molar-refractivity contribution in [3.05, 3.63) is 35.9 Å². The van der Waals surface area contributed by atoms with Crippen LogP contribution in [0.15, 0.2) is 35.1 Å². The molecule has 0 aliphatic carbocycles. The van der Waals surface area contributed by atoms with Gasteiger partial charge in [0, 0.05) is 7.05 Å². The summed E-state index contributed by atoms with van der Waals surface area (Å²) in [6.07, 6.45) is 0. The van der Waals surface area contributed by atoms with Crippen molar-refractivity contribution in [2.45, 2.75) is 13.5 Å². The summed E-state index contributed by atoms with van der Waals surface area (Å²) >= 11 is 0. The number of hydrogen-bond donors (Lipinski definition) is 2. The van der Waals surface area contributed by atoms with E-state index in [0.29, 0.717) is 0 Å². The van der Waals surface area contributed by atoms with Gasteiger partial charge in [0.25, 0.3) is 0 Å². The number of nitrogens with two attached hydrogens (primary N) is 1. The Morgan fingerprint density at radius 1 is 1.41 bits per heavy atom. The molecular formula is C13H20N3O5P. The summed E-state index contributed by atoms with van der Waals surface area (Å²) in [4.78, 5) is 22.2. The van der Waals surface area contributed by atoms with Crippen molar-refractivity contribution in [3.63, 3.8) is 0 Å². The molecule has 0 amide bonds. The fourth-order valence-electron chi connectivity index (χ4n) is 1.45. The van der Waals surface area contributed by atoms with Crippen LogP contribution in [0.2, 0.25) is 0 Å². The Labute approximate surface area is 129 Å². The number of rotatable bonds is 7. The molecule has 22 heavy (non-hydrogen) atoms. The van der Waals surface area contributed by atoms with Gasteiger partial charge in [-0.25, -0.2) is 4.57 Å². The third kappa shape index (κ3) is 6.71. The number of carbonyl (C=O) groups is 1. The van der Waals surface area contributed by atoms with E-state index < -0.39 is 13.7 Å². The van der Waals surface area contributed by atoms with Crippen LogP contribution in [0.4, 0.5) is 0 Å². The Morgan fingerprint density at radius 3 is 2.64 bits per heavy atom. The first-order valence-corrected chi connectivity index (χ1v) is 8.11. The first kappa shape index (κ1) is 18.2. The van der Waals surface area contributed by atoms with Crippen molar-refractivity contribution in [1.82, 2.24) is 4.90 Å². The second kappa shape index (κ2) is 8.53. The smallest absolute Gasteiger partial charge is 0.454 e. The number of carbonyl (C=O) groups excluding carboxylic acids is 1. The Bertz CT molecular complexity index is 564. The van der Waals surface area contributed by atoms with Crippen LogP contribution in [0.1, 0.15) is 12.5 Å². The van der Waals surface area contributed by atoms with Gasteiger partial charge >= 0.3 is 13.7 Å². The van der Waals surface area contributed by atoms with E-state index in [4.69, 9.17) is 15.0 Å². The number of esters is 1. The van der Waals surface area contributed by atoms with E-state index in [-0.39, 0.29) is 25.7 Å². The van der Waals surface area contributed by atoms with E-state index in [1.807, 2.05) is 6.07 Å². The van der Waals surface area contributed by atoms with Crippen molar-refractivity contribution in [3.8, 4) is 0 Å². The van der Waals surface area contributed by atoms with Crippen LogP contribution in [0.25, 0.3) is 0 Å².